The second-order valence-electron chi connectivity index (χ2n) is 8.06. The molecule has 4 rings (SSSR count). The number of carbonyl (C=O) groups excluding carboxylic acids is 3. The van der Waals surface area contributed by atoms with Gasteiger partial charge in [-0.2, -0.15) is 0 Å². The van der Waals surface area contributed by atoms with E-state index in [9.17, 15) is 14.4 Å². The van der Waals surface area contributed by atoms with Crippen LogP contribution >= 0.6 is 11.8 Å². The fraction of sp³-hybridized carbons (Fsp3) is 0.375. The minimum absolute atomic E-state index is 0.0535. The first-order chi connectivity index (χ1) is 15.5. The molecule has 3 N–H and O–H groups in total. The number of carbonyl (C=O) groups is 3. The molecule has 2 aromatic rings. The average Bonchev–Trinajstić information content (AvgIpc) is 2.81. The molecular weight excluding hydrogens is 424 g/mol. The van der Waals surface area contributed by atoms with E-state index in [1.54, 1.807) is 23.9 Å². The third-order valence-corrected chi connectivity index (χ3v) is 7.19. The predicted molar refractivity (Wildman–Crippen MR) is 126 cm³/mol. The first-order valence-corrected chi connectivity index (χ1v) is 11.9. The van der Waals surface area contributed by atoms with Crippen molar-refractivity contribution in [3.63, 3.8) is 0 Å². The summed E-state index contributed by atoms with van der Waals surface area (Å²) in [4.78, 5) is 41.6. The number of piperazine rings is 1. The Morgan fingerprint density at radius 1 is 1.03 bits per heavy atom. The van der Waals surface area contributed by atoms with Gasteiger partial charge in [0.15, 0.2) is 0 Å². The summed E-state index contributed by atoms with van der Waals surface area (Å²) in [6, 6.07) is 14.9. The number of rotatable bonds is 8. The van der Waals surface area contributed by atoms with Crippen molar-refractivity contribution in [2.45, 2.75) is 29.4 Å². The lowest BCUT2D eigenvalue weighted by atomic mass is 10.1. The number of para-hydroxylation sites is 1. The molecule has 2 heterocycles. The molecule has 168 valence electrons. The largest absolute Gasteiger partial charge is 0.366 e. The highest BCUT2D eigenvalue weighted by Gasteiger charge is 2.34. The van der Waals surface area contributed by atoms with E-state index in [4.69, 9.17) is 5.73 Å². The third-order valence-electron chi connectivity index (χ3n) is 5.89. The second-order valence-corrected chi connectivity index (χ2v) is 9.21. The zero-order chi connectivity index (χ0) is 22.5. The molecule has 0 radical (unpaired) electrons. The van der Waals surface area contributed by atoms with Crippen LogP contribution in [0, 0.1) is 0 Å². The minimum atomic E-state index is -0.478. The van der Waals surface area contributed by atoms with E-state index in [1.165, 1.54) is 0 Å². The summed E-state index contributed by atoms with van der Waals surface area (Å²) in [5, 5.41) is 2.73. The zero-order valence-corrected chi connectivity index (χ0v) is 18.8. The Hall–Kier alpha value is -2.84. The van der Waals surface area contributed by atoms with Gasteiger partial charge in [-0.15, -0.1) is 11.8 Å². The van der Waals surface area contributed by atoms with Crippen LogP contribution in [0.25, 0.3) is 0 Å². The average molecular weight is 453 g/mol. The fourth-order valence-electron chi connectivity index (χ4n) is 4.11. The highest BCUT2D eigenvalue weighted by Crippen LogP contribution is 2.46. The van der Waals surface area contributed by atoms with Crippen molar-refractivity contribution in [1.82, 2.24) is 10.2 Å². The molecule has 0 saturated carbocycles. The Balaban J connectivity index is 1.40. The lowest BCUT2D eigenvalue weighted by Crippen LogP contribution is -2.48. The molecule has 7 nitrogen and oxygen atoms in total. The summed E-state index contributed by atoms with van der Waals surface area (Å²) in [6.07, 6.45) is 2.76. The quantitative estimate of drug-likeness (QED) is 0.600. The van der Waals surface area contributed by atoms with Crippen molar-refractivity contribution >= 4 is 35.2 Å². The molecule has 1 unspecified atom stereocenters. The number of fused-ring (bicyclic) bond motifs is 1. The summed E-state index contributed by atoms with van der Waals surface area (Å²) in [5.74, 6) is -0.259. The van der Waals surface area contributed by atoms with Crippen molar-refractivity contribution in [3.05, 3.63) is 59.7 Å². The summed E-state index contributed by atoms with van der Waals surface area (Å²) in [5.41, 5.74) is 7.59. The van der Waals surface area contributed by atoms with Crippen LogP contribution in [-0.2, 0) is 9.59 Å². The van der Waals surface area contributed by atoms with Crippen LogP contribution < -0.4 is 16.0 Å². The Bertz CT molecular complexity index is 995. The number of unbranched alkanes of at least 4 members (excludes halogenated alkanes) is 2. The number of thioether (sulfide) groups is 1. The Labute approximate surface area is 192 Å². The van der Waals surface area contributed by atoms with Crippen LogP contribution in [0.2, 0.25) is 0 Å². The molecule has 2 aromatic carbocycles. The molecule has 2 aliphatic rings. The Kier molecular flexibility index (Phi) is 7.12. The van der Waals surface area contributed by atoms with E-state index < -0.39 is 5.91 Å². The molecule has 0 spiro atoms. The molecule has 32 heavy (non-hydrogen) atoms. The summed E-state index contributed by atoms with van der Waals surface area (Å²) >= 11 is 1.54. The van der Waals surface area contributed by atoms with E-state index in [1.807, 2.05) is 46.2 Å². The predicted octanol–water partition coefficient (Wildman–Crippen LogP) is 2.57. The first-order valence-electron chi connectivity index (χ1n) is 11.0. The smallest absolute Gasteiger partial charge is 0.248 e. The van der Waals surface area contributed by atoms with Gasteiger partial charge in [0.1, 0.15) is 5.25 Å². The maximum atomic E-state index is 13.4. The number of primary amides is 1. The van der Waals surface area contributed by atoms with Gasteiger partial charge >= 0.3 is 0 Å². The van der Waals surface area contributed by atoms with E-state index in [0.717, 1.165) is 55.0 Å². The molecule has 1 fully saturated rings. The molecule has 0 aliphatic carbocycles. The van der Waals surface area contributed by atoms with E-state index in [-0.39, 0.29) is 17.1 Å². The number of anilines is 1. The maximum Gasteiger partial charge on any atom is 0.248 e. The molecule has 0 aromatic heterocycles. The Morgan fingerprint density at radius 3 is 2.53 bits per heavy atom. The number of nitrogens with one attached hydrogen (secondary N) is 1. The van der Waals surface area contributed by atoms with E-state index in [0.29, 0.717) is 18.7 Å². The minimum Gasteiger partial charge on any atom is -0.366 e. The number of nitrogens with two attached hydrogens (primary N) is 1. The Morgan fingerprint density at radius 2 is 1.78 bits per heavy atom. The van der Waals surface area contributed by atoms with Crippen molar-refractivity contribution in [2.75, 3.05) is 37.6 Å². The van der Waals surface area contributed by atoms with Gasteiger partial charge in [0.05, 0.1) is 12.2 Å². The van der Waals surface area contributed by atoms with Gasteiger partial charge in [0.25, 0.3) is 0 Å². The van der Waals surface area contributed by atoms with Crippen molar-refractivity contribution < 1.29 is 14.4 Å². The van der Waals surface area contributed by atoms with Gasteiger partial charge in [-0.25, -0.2) is 0 Å². The summed E-state index contributed by atoms with van der Waals surface area (Å²) in [6.45, 7) is 3.46. The van der Waals surface area contributed by atoms with E-state index >= 15 is 0 Å². The first kappa shape index (κ1) is 22.4. The molecule has 1 atom stereocenters. The van der Waals surface area contributed by atoms with Gasteiger partial charge in [-0.05, 0) is 49.1 Å². The molecule has 1 saturated heterocycles. The zero-order valence-electron chi connectivity index (χ0n) is 18.0. The summed E-state index contributed by atoms with van der Waals surface area (Å²) < 4.78 is 0. The SMILES string of the molecule is NC(=O)c1ccc(C2Sc3ccccc3N(CCCCCN3CCNCC3=O)C2=O)cc1. The molecule has 0 bridgehead atoms. The molecular formula is C24H28N4O3S. The number of benzene rings is 2. The topological polar surface area (TPSA) is 95.7 Å². The summed E-state index contributed by atoms with van der Waals surface area (Å²) in [7, 11) is 0. The highest BCUT2D eigenvalue weighted by molar-refractivity contribution is 8.00. The van der Waals surface area contributed by atoms with Crippen LogP contribution in [-0.4, -0.2) is 55.3 Å². The fourth-order valence-corrected chi connectivity index (χ4v) is 5.34. The number of hydrogen-bond donors (Lipinski definition) is 2. The van der Waals surface area contributed by atoms with Crippen LogP contribution in [0.3, 0.4) is 0 Å². The monoisotopic (exact) mass is 452 g/mol. The number of amides is 3. The van der Waals surface area contributed by atoms with Gasteiger partial charge < -0.3 is 20.9 Å². The van der Waals surface area contributed by atoms with Crippen LogP contribution in [0.5, 0.6) is 0 Å². The van der Waals surface area contributed by atoms with Crippen molar-refractivity contribution in [1.29, 1.82) is 0 Å². The van der Waals surface area contributed by atoms with Gasteiger partial charge in [-0.1, -0.05) is 24.3 Å². The van der Waals surface area contributed by atoms with Gasteiger partial charge in [-0.3, -0.25) is 14.4 Å². The molecule has 3 amide bonds. The lowest BCUT2D eigenvalue weighted by molar-refractivity contribution is -0.132. The molecule has 8 heteroatoms. The van der Waals surface area contributed by atoms with Gasteiger partial charge in [0, 0.05) is 36.6 Å². The van der Waals surface area contributed by atoms with Crippen molar-refractivity contribution in [2.24, 2.45) is 5.73 Å². The van der Waals surface area contributed by atoms with Gasteiger partial charge in [0.2, 0.25) is 17.7 Å². The van der Waals surface area contributed by atoms with Crippen molar-refractivity contribution in [3.8, 4) is 0 Å². The second kappa shape index (κ2) is 10.2. The number of nitrogens with zero attached hydrogens (tertiary/aromatic N) is 2. The number of hydrogen-bond acceptors (Lipinski definition) is 5. The highest BCUT2D eigenvalue weighted by atomic mass is 32.2. The van der Waals surface area contributed by atoms with Crippen LogP contribution in [0.1, 0.15) is 40.4 Å². The standard InChI is InChI=1S/C24H28N4O3S/c25-23(30)18-10-8-17(9-11-18)22-24(31)28(19-6-2-3-7-20(19)32-22)14-5-1-4-13-27-15-12-26-16-21(27)29/h2-3,6-11,22,26H,1,4-5,12-16H2,(H2,25,30). The van der Waals surface area contributed by atoms with E-state index in [2.05, 4.69) is 5.32 Å². The maximum absolute atomic E-state index is 13.4. The van der Waals surface area contributed by atoms with Crippen LogP contribution in [0.4, 0.5) is 5.69 Å². The molecule has 2 aliphatic heterocycles. The lowest BCUT2D eigenvalue weighted by Gasteiger charge is -2.34. The van der Waals surface area contributed by atoms with Crippen LogP contribution in [0.15, 0.2) is 53.4 Å². The third kappa shape index (κ3) is 4.97. The normalized spacial score (nSPS) is 18.6.